The van der Waals surface area contributed by atoms with Gasteiger partial charge in [-0.1, -0.05) is 6.07 Å². The van der Waals surface area contributed by atoms with Crippen molar-refractivity contribution in [2.24, 2.45) is 0 Å². The Bertz CT molecular complexity index is 691. The van der Waals surface area contributed by atoms with E-state index < -0.39 is 0 Å². The fourth-order valence-electron chi connectivity index (χ4n) is 2.25. The van der Waals surface area contributed by atoms with Gasteiger partial charge in [0.25, 0.3) is 0 Å². The molecule has 5 nitrogen and oxygen atoms in total. The van der Waals surface area contributed by atoms with E-state index in [0.29, 0.717) is 23.6 Å². The number of hydrogen-bond donors (Lipinski definition) is 1. The van der Waals surface area contributed by atoms with Crippen molar-refractivity contribution >= 4 is 5.82 Å². The molecule has 0 atom stereocenters. The van der Waals surface area contributed by atoms with Crippen LogP contribution in [-0.2, 0) is 13.0 Å². The predicted molar refractivity (Wildman–Crippen MR) is 74.5 cm³/mol. The first-order valence-electron chi connectivity index (χ1n) is 6.49. The number of rotatable bonds is 3. The Labute approximate surface area is 117 Å². The summed E-state index contributed by atoms with van der Waals surface area (Å²) in [5.74, 6) is 1.47. The number of nitrogens with one attached hydrogen (secondary N) is 1. The average Bonchev–Trinajstić information content (AvgIpc) is 2.93. The van der Waals surface area contributed by atoms with E-state index in [0.717, 1.165) is 24.5 Å². The Balaban J connectivity index is 1.79. The predicted octanol–water partition coefficient (Wildman–Crippen LogP) is 2.20. The number of ether oxygens (including phenoxy) is 1. The largest absolute Gasteiger partial charge is 0.484 e. The smallest absolute Gasteiger partial charge is 0.158 e. The summed E-state index contributed by atoms with van der Waals surface area (Å²) in [4.78, 5) is 8.66. The molecule has 1 aliphatic rings. The summed E-state index contributed by atoms with van der Waals surface area (Å²) in [6.07, 6.45) is 2.63. The molecule has 2 aromatic rings. The molecule has 0 aliphatic carbocycles. The van der Waals surface area contributed by atoms with Crippen LogP contribution in [0.2, 0.25) is 0 Å². The second-order valence-corrected chi connectivity index (χ2v) is 4.66. The van der Waals surface area contributed by atoms with Crippen LogP contribution in [0, 0.1) is 18.3 Å². The minimum absolute atomic E-state index is 0.330. The van der Waals surface area contributed by atoms with Gasteiger partial charge < -0.3 is 10.1 Å². The minimum atomic E-state index is 0.330. The zero-order valence-electron chi connectivity index (χ0n) is 11.2. The summed E-state index contributed by atoms with van der Waals surface area (Å²) >= 11 is 0. The number of aryl methyl sites for hydroxylation is 1. The highest BCUT2D eigenvalue weighted by Gasteiger charge is 2.13. The zero-order chi connectivity index (χ0) is 13.9. The van der Waals surface area contributed by atoms with Crippen molar-refractivity contribution in [1.29, 1.82) is 5.26 Å². The number of hydrogen-bond acceptors (Lipinski definition) is 5. The Morgan fingerprint density at radius 2 is 2.30 bits per heavy atom. The van der Waals surface area contributed by atoms with Crippen molar-refractivity contribution in [3.05, 3.63) is 46.9 Å². The van der Waals surface area contributed by atoms with Crippen molar-refractivity contribution in [3.8, 4) is 11.8 Å². The maximum absolute atomic E-state index is 9.08. The monoisotopic (exact) mass is 266 g/mol. The molecule has 0 amide bonds. The van der Waals surface area contributed by atoms with Gasteiger partial charge in [0.1, 0.15) is 18.5 Å². The number of pyridine rings is 2. The maximum atomic E-state index is 9.08. The van der Waals surface area contributed by atoms with Crippen molar-refractivity contribution < 1.29 is 4.74 Å². The van der Waals surface area contributed by atoms with Crippen LogP contribution >= 0.6 is 0 Å². The highest BCUT2D eigenvalue weighted by Crippen LogP contribution is 2.23. The average molecular weight is 266 g/mol. The van der Waals surface area contributed by atoms with E-state index in [-0.39, 0.29) is 0 Å². The third kappa shape index (κ3) is 2.28. The van der Waals surface area contributed by atoms with Crippen molar-refractivity contribution in [2.75, 3.05) is 11.9 Å². The van der Waals surface area contributed by atoms with Crippen LogP contribution < -0.4 is 10.1 Å². The van der Waals surface area contributed by atoms with Gasteiger partial charge in [0.05, 0.1) is 17.0 Å². The molecule has 1 aliphatic heterocycles. The number of fused-ring (bicyclic) bond motifs is 1. The molecule has 2 aromatic heterocycles. The van der Waals surface area contributed by atoms with Gasteiger partial charge in [-0.3, -0.25) is 4.98 Å². The summed E-state index contributed by atoms with van der Waals surface area (Å²) in [5, 5.41) is 12.3. The van der Waals surface area contributed by atoms with Crippen LogP contribution in [0.4, 0.5) is 5.82 Å². The van der Waals surface area contributed by atoms with Gasteiger partial charge in [0.2, 0.25) is 0 Å². The van der Waals surface area contributed by atoms with Crippen molar-refractivity contribution in [2.45, 2.75) is 20.0 Å². The van der Waals surface area contributed by atoms with Crippen LogP contribution in [0.15, 0.2) is 24.4 Å². The molecule has 0 aromatic carbocycles. The molecule has 5 heteroatoms. The van der Waals surface area contributed by atoms with Gasteiger partial charge in [-0.25, -0.2) is 4.98 Å². The number of nitrogens with zero attached hydrogens (tertiary/aromatic N) is 3. The molecule has 0 spiro atoms. The minimum Gasteiger partial charge on any atom is -0.484 e. The Morgan fingerprint density at radius 3 is 3.15 bits per heavy atom. The topological polar surface area (TPSA) is 70.8 Å². The van der Waals surface area contributed by atoms with E-state index >= 15 is 0 Å². The molecule has 0 radical (unpaired) electrons. The van der Waals surface area contributed by atoms with Crippen molar-refractivity contribution in [1.82, 2.24) is 9.97 Å². The van der Waals surface area contributed by atoms with Crippen LogP contribution in [0.25, 0.3) is 0 Å². The van der Waals surface area contributed by atoms with Crippen LogP contribution in [0.3, 0.4) is 0 Å². The molecule has 100 valence electrons. The fraction of sp³-hybridized carbons (Fsp3) is 0.267. The summed E-state index contributed by atoms with van der Waals surface area (Å²) in [6.45, 7) is 3.09. The van der Waals surface area contributed by atoms with E-state index in [1.807, 2.05) is 13.0 Å². The number of aromatic nitrogens is 2. The normalized spacial score (nSPS) is 12.4. The van der Waals surface area contributed by atoms with Gasteiger partial charge in [-0.15, -0.1) is 0 Å². The van der Waals surface area contributed by atoms with Gasteiger partial charge >= 0.3 is 0 Å². The van der Waals surface area contributed by atoms with Gasteiger partial charge in [-0.2, -0.15) is 5.26 Å². The Kier molecular flexibility index (Phi) is 3.21. The lowest BCUT2D eigenvalue weighted by Crippen LogP contribution is -2.03. The maximum Gasteiger partial charge on any atom is 0.158 e. The third-order valence-electron chi connectivity index (χ3n) is 3.29. The van der Waals surface area contributed by atoms with E-state index in [2.05, 4.69) is 27.4 Å². The molecule has 20 heavy (non-hydrogen) atoms. The lowest BCUT2D eigenvalue weighted by molar-refractivity contribution is 0.297. The van der Waals surface area contributed by atoms with Crippen LogP contribution in [0.1, 0.15) is 22.5 Å². The van der Waals surface area contributed by atoms with Gasteiger partial charge in [0.15, 0.2) is 5.75 Å². The molecule has 3 heterocycles. The summed E-state index contributed by atoms with van der Waals surface area (Å²) < 4.78 is 5.73. The number of nitriles is 1. The Morgan fingerprint density at radius 1 is 1.40 bits per heavy atom. The second kappa shape index (κ2) is 5.17. The van der Waals surface area contributed by atoms with E-state index in [9.17, 15) is 0 Å². The quantitative estimate of drug-likeness (QED) is 0.922. The third-order valence-corrected chi connectivity index (χ3v) is 3.29. The molecule has 0 saturated carbocycles. The molecule has 0 bridgehead atoms. The van der Waals surface area contributed by atoms with E-state index in [1.54, 1.807) is 12.3 Å². The number of anilines is 1. The first-order valence-corrected chi connectivity index (χ1v) is 6.49. The van der Waals surface area contributed by atoms with E-state index in [1.165, 1.54) is 5.56 Å². The summed E-state index contributed by atoms with van der Waals surface area (Å²) in [7, 11) is 0. The lowest BCUT2D eigenvalue weighted by atomic mass is 10.2. The molecular weight excluding hydrogens is 252 g/mol. The highest BCUT2D eigenvalue weighted by atomic mass is 16.5. The molecule has 1 N–H and O–H groups in total. The first kappa shape index (κ1) is 12.4. The van der Waals surface area contributed by atoms with E-state index in [4.69, 9.17) is 10.00 Å². The SMILES string of the molecule is Cc1nccc(C#N)c1OCc1ccc2c(n1)NCC2. The second-order valence-electron chi connectivity index (χ2n) is 4.66. The molecule has 3 rings (SSSR count). The zero-order valence-corrected chi connectivity index (χ0v) is 11.2. The van der Waals surface area contributed by atoms with Crippen LogP contribution in [0.5, 0.6) is 5.75 Å². The standard InChI is InChI=1S/C15H14N4O/c1-10-14(12(8-16)5-6-17-10)20-9-13-3-2-11-4-7-18-15(11)19-13/h2-3,5-6H,4,7,9H2,1H3,(H,18,19). The first-order chi connectivity index (χ1) is 9.78. The summed E-state index contributed by atoms with van der Waals surface area (Å²) in [6, 6.07) is 7.80. The Hall–Kier alpha value is -2.61. The van der Waals surface area contributed by atoms with Crippen molar-refractivity contribution in [3.63, 3.8) is 0 Å². The molecule has 0 fully saturated rings. The summed E-state index contributed by atoms with van der Waals surface area (Å²) in [5.41, 5.74) is 3.29. The van der Waals surface area contributed by atoms with Gasteiger partial charge in [0, 0.05) is 12.7 Å². The fourth-order valence-corrected chi connectivity index (χ4v) is 2.25. The lowest BCUT2D eigenvalue weighted by Gasteiger charge is -2.10. The molecule has 0 saturated heterocycles. The van der Waals surface area contributed by atoms with Gasteiger partial charge in [-0.05, 0) is 31.0 Å². The van der Waals surface area contributed by atoms with Crippen LogP contribution in [-0.4, -0.2) is 16.5 Å². The highest BCUT2D eigenvalue weighted by molar-refractivity contribution is 5.49. The molecule has 0 unspecified atom stereocenters. The molecular formula is C15H14N4O.